The third-order valence-corrected chi connectivity index (χ3v) is 3.02. The number of anilines is 1. The second kappa shape index (κ2) is 6.52. The number of aromatic nitrogens is 1. The smallest absolute Gasteiger partial charge is 0.335 e. The standard InChI is InChI=1S/C14H20N2O3/c1-10-7-12(14(17)18)8-13(16-10)15-5-2-6-19-9-11-3-4-11/h7-8,11H,2-6,9H2,1H3,(H,15,16)(H,17,18). The summed E-state index contributed by atoms with van der Waals surface area (Å²) in [4.78, 5) is 15.2. The number of ether oxygens (including phenoxy) is 1. The van der Waals surface area contributed by atoms with Crippen molar-refractivity contribution in [2.24, 2.45) is 5.92 Å². The Morgan fingerprint density at radius 2 is 2.32 bits per heavy atom. The third kappa shape index (κ3) is 4.87. The van der Waals surface area contributed by atoms with Gasteiger partial charge < -0.3 is 15.2 Å². The van der Waals surface area contributed by atoms with E-state index in [0.717, 1.165) is 32.1 Å². The SMILES string of the molecule is Cc1cc(C(=O)O)cc(NCCCOCC2CC2)n1. The minimum atomic E-state index is -0.929. The van der Waals surface area contributed by atoms with E-state index in [1.165, 1.54) is 12.8 Å². The summed E-state index contributed by atoms with van der Waals surface area (Å²) in [5, 5.41) is 12.1. The molecule has 0 amide bonds. The van der Waals surface area contributed by atoms with Crippen LogP contribution >= 0.6 is 0 Å². The Kier molecular flexibility index (Phi) is 4.74. The number of nitrogens with zero attached hydrogens (tertiary/aromatic N) is 1. The van der Waals surface area contributed by atoms with Gasteiger partial charge >= 0.3 is 5.97 Å². The van der Waals surface area contributed by atoms with Crippen LogP contribution in [-0.2, 0) is 4.74 Å². The monoisotopic (exact) mass is 264 g/mol. The molecule has 1 aliphatic carbocycles. The van der Waals surface area contributed by atoms with Crippen LogP contribution in [0.3, 0.4) is 0 Å². The second-order valence-electron chi connectivity index (χ2n) is 4.99. The van der Waals surface area contributed by atoms with Crippen LogP contribution in [0.15, 0.2) is 12.1 Å². The topological polar surface area (TPSA) is 71.5 Å². The van der Waals surface area contributed by atoms with Crippen LogP contribution in [0.25, 0.3) is 0 Å². The summed E-state index contributed by atoms with van der Waals surface area (Å²) in [6, 6.07) is 3.12. The van der Waals surface area contributed by atoms with Crippen molar-refractivity contribution in [1.82, 2.24) is 4.98 Å². The molecule has 1 aromatic rings. The van der Waals surface area contributed by atoms with Crippen molar-refractivity contribution in [2.45, 2.75) is 26.2 Å². The fourth-order valence-corrected chi connectivity index (χ4v) is 1.81. The average molecular weight is 264 g/mol. The van der Waals surface area contributed by atoms with Crippen LogP contribution in [0.2, 0.25) is 0 Å². The number of aromatic carboxylic acids is 1. The van der Waals surface area contributed by atoms with Crippen LogP contribution in [0, 0.1) is 12.8 Å². The molecule has 2 N–H and O–H groups in total. The zero-order valence-corrected chi connectivity index (χ0v) is 11.2. The van der Waals surface area contributed by atoms with Gasteiger partial charge in [0.15, 0.2) is 0 Å². The van der Waals surface area contributed by atoms with Gasteiger partial charge in [0.25, 0.3) is 0 Å². The maximum atomic E-state index is 10.9. The number of rotatable bonds is 8. The molecule has 5 heteroatoms. The van der Waals surface area contributed by atoms with Crippen LogP contribution in [0.5, 0.6) is 0 Å². The summed E-state index contributed by atoms with van der Waals surface area (Å²) in [5.74, 6) is 0.477. The fraction of sp³-hybridized carbons (Fsp3) is 0.571. The first-order chi connectivity index (χ1) is 9.15. The van der Waals surface area contributed by atoms with E-state index in [1.54, 1.807) is 19.1 Å². The minimum absolute atomic E-state index is 0.264. The highest BCUT2D eigenvalue weighted by atomic mass is 16.5. The molecular weight excluding hydrogens is 244 g/mol. The van der Waals surface area contributed by atoms with Crippen LogP contribution < -0.4 is 5.32 Å². The highest BCUT2D eigenvalue weighted by molar-refractivity contribution is 5.88. The number of carbonyl (C=O) groups is 1. The Labute approximate surface area is 113 Å². The molecular formula is C14H20N2O3. The Bertz CT molecular complexity index is 444. The minimum Gasteiger partial charge on any atom is -0.478 e. The van der Waals surface area contributed by atoms with Crippen molar-refractivity contribution in [2.75, 3.05) is 25.1 Å². The van der Waals surface area contributed by atoms with Crippen molar-refractivity contribution >= 4 is 11.8 Å². The van der Waals surface area contributed by atoms with Crippen molar-refractivity contribution in [1.29, 1.82) is 0 Å². The van der Waals surface area contributed by atoms with Gasteiger partial charge in [-0.15, -0.1) is 0 Å². The Hall–Kier alpha value is -1.62. The van der Waals surface area contributed by atoms with Gasteiger partial charge in [0, 0.05) is 25.5 Å². The highest BCUT2D eigenvalue weighted by Crippen LogP contribution is 2.28. The molecule has 1 heterocycles. The van der Waals surface area contributed by atoms with E-state index in [2.05, 4.69) is 10.3 Å². The molecule has 0 aromatic carbocycles. The first-order valence-corrected chi connectivity index (χ1v) is 6.69. The van der Waals surface area contributed by atoms with Crippen LogP contribution in [0.4, 0.5) is 5.82 Å². The fourth-order valence-electron chi connectivity index (χ4n) is 1.81. The number of nitrogens with one attached hydrogen (secondary N) is 1. The molecule has 0 radical (unpaired) electrons. The van der Waals surface area contributed by atoms with Gasteiger partial charge in [-0.1, -0.05) is 0 Å². The van der Waals surface area contributed by atoms with E-state index in [0.29, 0.717) is 11.5 Å². The van der Waals surface area contributed by atoms with Crippen molar-refractivity contribution < 1.29 is 14.6 Å². The van der Waals surface area contributed by atoms with E-state index in [4.69, 9.17) is 9.84 Å². The number of aryl methyl sites for hydroxylation is 1. The predicted octanol–water partition coefficient (Wildman–Crippen LogP) is 2.32. The van der Waals surface area contributed by atoms with Gasteiger partial charge in [-0.3, -0.25) is 0 Å². The summed E-state index contributed by atoms with van der Waals surface area (Å²) >= 11 is 0. The number of pyridine rings is 1. The molecule has 2 rings (SSSR count). The molecule has 0 spiro atoms. The largest absolute Gasteiger partial charge is 0.478 e. The molecule has 104 valence electrons. The van der Waals surface area contributed by atoms with E-state index in [1.807, 2.05) is 0 Å². The summed E-state index contributed by atoms with van der Waals surface area (Å²) < 4.78 is 5.53. The number of hydrogen-bond donors (Lipinski definition) is 2. The van der Waals surface area contributed by atoms with E-state index in [9.17, 15) is 4.79 Å². The lowest BCUT2D eigenvalue weighted by Crippen LogP contribution is -2.09. The number of carboxylic acid groups (broad SMARTS) is 1. The molecule has 1 fully saturated rings. The molecule has 0 bridgehead atoms. The van der Waals surface area contributed by atoms with Gasteiger partial charge in [0.1, 0.15) is 5.82 Å². The average Bonchev–Trinajstić information content (AvgIpc) is 3.17. The summed E-state index contributed by atoms with van der Waals surface area (Å²) in [7, 11) is 0. The third-order valence-electron chi connectivity index (χ3n) is 3.02. The molecule has 1 aromatic heterocycles. The molecule has 0 unspecified atom stereocenters. The maximum Gasteiger partial charge on any atom is 0.335 e. The first-order valence-electron chi connectivity index (χ1n) is 6.69. The van der Waals surface area contributed by atoms with E-state index < -0.39 is 5.97 Å². The van der Waals surface area contributed by atoms with Gasteiger partial charge in [-0.2, -0.15) is 0 Å². The molecule has 1 aliphatic rings. The molecule has 5 nitrogen and oxygen atoms in total. The lowest BCUT2D eigenvalue weighted by Gasteiger charge is -2.08. The lowest BCUT2D eigenvalue weighted by molar-refractivity contribution is 0.0696. The van der Waals surface area contributed by atoms with E-state index in [-0.39, 0.29) is 5.56 Å². The highest BCUT2D eigenvalue weighted by Gasteiger charge is 2.20. The Morgan fingerprint density at radius 1 is 1.53 bits per heavy atom. The summed E-state index contributed by atoms with van der Waals surface area (Å²) in [5.41, 5.74) is 0.965. The van der Waals surface area contributed by atoms with Crippen LogP contribution in [0.1, 0.15) is 35.3 Å². The first kappa shape index (κ1) is 13.8. The number of hydrogen-bond acceptors (Lipinski definition) is 4. The van der Waals surface area contributed by atoms with Crippen molar-refractivity contribution in [3.63, 3.8) is 0 Å². The normalized spacial score (nSPS) is 14.4. The molecule has 19 heavy (non-hydrogen) atoms. The van der Waals surface area contributed by atoms with Gasteiger partial charge in [0.2, 0.25) is 0 Å². The number of carboxylic acids is 1. The summed E-state index contributed by atoms with van der Waals surface area (Å²) in [6.07, 6.45) is 3.51. The van der Waals surface area contributed by atoms with Crippen molar-refractivity contribution in [3.05, 3.63) is 23.4 Å². The molecule has 1 saturated carbocycles. The Balaban J connectivity index is 1.70. The molecule has 0 saturated heterocycles. The second-order valence-corrected chi connectivity index (χ2v) is 4.99. The zero-order chi connectivity index (χ0) is 13.7. The van der Waals surface area contributed by atoms with Crippen molar-refractivity contribution in [3.8, 4) is 0 Å². The predicted molar refractivity (Wildman–Crippen MR) is 72.6 cm³/mol. The quantitative estimate of drug-likeness (QED) is 0.705. The zero-order valence-electron chi connectivity index (χ0n) is 11.2. The molecule has 0 atom stereocenters. The van der Waals surface area contributed by atoms with Gasteiger partial charge in [-0.05, 0) is 44.2 Å². The summed E-state index contributed by atoms with van der Waals surface area (Å²) in [6.45, 7) is 4.14. The van der Waals surface area contributed by atoms with Crippen LogP contribution in [-0.4, -0.2) is 35.8 Å². The molecule has 0 aliphatic heterocycles. The van der Waals surface area contributed by atoms with Gasteiger partial charge in [0.05, 0.1) is 5.56 Å². The van der Waals surface area contributed by atoms with E-state index >= 15 is 0 Å². The van der Waals surface area contributed by atoms with Gasteiger partial charge in [-0.25, -0.2) is 9.78 Å². The maximum absolute atomic E-state index is 10.9. The lowest BCUT2D eigenvalue weighted by atomic mass is 10.2. The Morgan fingerprint density at radius 3 is 3.00 bits per heavy atom.